The van der Waals surface area contributed by atoms with Crippen molar-refractivity contribution in [2.75, 3.05) is 0 Å². The van der Waals surface area contributed by atoms with E-state index in [4.69, 9.17) is 0 Å². The fourth-order valence-corrected chi connectivity index (χ4v) is 1.84. The van der Waals surface area contributed by atoms with E-state index in [2.05, 4.69) is 10.5 Å². The van der Waals surface area contributed by atoms with Crippen molar-refractivity contribution in [2.24, 2.45) is 5.10 Å². The molecule has 2 aromatic carbocycles. The van der Waals surface area contributed by atoms with Gasteiger partial charge in [0.2, 0.25) is 0 Å². The zero-order valence-electron chi connectivity index (χ0n) is 12.0. The molecule has 1 N–H and O–H groups in total. The third-order valence-electron chi connectivity index (χ3n) is 3.09. The van der Waals surface area contributed by atoms with Crippen molar-refractivity contribution in [1.29, 1.82) is 0 Å². The summed E-state index contributed by atoms with van der Waals surface area (Å²) in [7, 11) is 0. The Balaban J connectivity index is 2.00. The zero-order valence-corrected chi connectivity index (χ0v) is 12.0. The number of aryl methyl sites for hydroxylation is 1. The van der Waals surface area contributed by atoms with E-state index in [0.717, 1.165) is 12.0 Å². The van der Waals surface area contributed by atoms with Gasteiger partial charge in [-0.2, -0.15) is 5.10 Å². The van der Waals surface area contributed by atoms with Crippen molar-refractivity contribution in [3.8, 4) is 0 Å². The molecule has 0 spiro atoms. The van der Waals surface area contributed by atoms with Crippen molar-refractivity contribution in [3.05, 3.63) is 75.3 Å². The summed E-state index contributed by atoms with van der Waals surface area (Å²) in [5.74, 6) is -0.329. The highest BCUT2D eigenvalue weighted by Crippen LogP contribution is 2.11. The molecule has 0 aromatic heterocycles. The Kier molecular flexibility index (Phi) is 4.98. The fraction of sp³-hybridized carbons (Fsp3) is 0.125. The van der Waals surface area contributed by atoms with Gasteiger partial charge in [-0.25, -0.2) is 5.43 Å². The second-order valence-corrected chi connectivity index (χ2v) is 4.60. The number of hydrogen-bond donors (Lipinski definition) is 1. The third-order valence-corrected chi connectivity index (χ3v) is 3.09. The number of hydrazone groups is 1. The van der Waals surface area contributed by atoms with Crippen LogP contribution in [0.4, 0.5) is 5.69 Å². The monoisotopic (exact) mass is 297 g/mol. The summed E-state index contributed by atoms with van der Waals surface area (Å²) in [5.41, 5.74) is 4.57. The van der Waals surface area contributed by atoms with E-state index in [9.17, 15) is 14.9 Å². The van der Waals surface area contributed by atoms with Crippen molar-refractivity contribution in [3.63, 3.8) is 0 Å². The van der Waals surface area contributed by atoms with Crippen LogP contribution >= 0.6 is 0 Å². The summed E-state index contributed by atoms with van der Waals surface area (Å²) in [6.07, 6.45) is 2.28. The van der Waals surface area contributed by atoms with Gasteiger partial charge in [0.15, 0.2) is 0 Å². The van der Waals surface area contributed by atoms with Crippen LogP contribution in [0.25, 0.3) is 0 Å². The standard InChI is InChI=1S/C16H15N3O3/c1-2-12-6-8-14(9-7-12)16(20)18-17-11-13-4-3-5-15(10-13)19(21)22/h3-11H,2H2,1H3,(H,18,20)/b17-11-. The molecule has 0 saturated heterocycles. The summed E-state index contributed by atoms with van der Waals surface area (Å²) < 4.78 is 0. The molecule has 2 aromatic rings. The number of carbonyl (C=O) groups is 1. The van der Waals surface area contributed by atoms with E-state index in [1.165, 1.54) is 18.3 Å². The first kappa shape index (κ1) is 15.4. The van der Waals surface area contributed by atoms with Crippen LogP contribution in [0.15, 0.2) is 53.6 Å². The highest BCUT2D eigenvalue weighted by Gasteiger charge is 2.05. The molecule has 0 heterocycles. The number of hydrogen-bond acceptors (Lipinski definition) is 4. The smallest absolute Gasteiger partial charge is 0.267 e. The van der Waals surface area contributed by atoms with Gasteiger partial charge in [-0.15, -0.1) is 0 Å². The fourth-order valence-electron chi connectivity index (χ4n) is 1.84. The van der Waals surface area contributed by atoms with Crippen LogP contribution in [0.5, 0.6) is 0 Å². The predicted octanol–water partition coefficient (Wildman–Crippen LogP) is 2.92. The molecule has 0 unspecified atom stereocenters. The molecule has 0 radical (unpaired) electrons. The maximum Gasteiger partial charge on any atom is 0.271 e. The number of carbonyl (C=O) groups excluding carboxylic acids is 1. The van der Waals surface area contributed by atoms with Gasteiger partial charge in [-0.1, -0.05) is 31.2 Å². The van der Waals surface area contributed by atoms with Crippen LogP contribution < -0.4 is 5.43 Å². The minimum absolute atomic E-state index is 0.0227. The van der Waals surface area contributed by atoms with Crippen LogP contribution in [-0.4, -0.2) is 17.0 Å². The Hall–Kier alpha value is -3.02. The number of rotatable bonds is 5. The van der Waals surface area contributed by atoms with Crippen LogP contribution in [0, 0.1) is 10.1 Å². The topological polar surface area (TPSA) is 84.6 Å². The SMILES string of the molecule is CCc1ccc(C(=O)N/N=C\c2cccc([N+](=O)[O-])c2)cc1. The summed E-state index contributed by atoms with van der Waals surface area (Å²) in [6.45, 7) is 2.04. The van der Waals surface area contributed by atoms with Gasteiger partial charge in [0, 0.05) is 23.3 Å². The number of non-ortho nitro benzene ring substituents is 1. The first-order valence-corrected chi connectivity index (χ1v) is 6.77. The lowest BCUT2D eigenvalue weighted by atomic mass is 10.1. The average molecular weight is 297 g/mol. The Morgan fingerprint density at radius 2 is 2.00 bits per heavy atom. The molecule has 6 heteroatoms. The van der Waals surface area contributed by atoms with E-state index < -0.39 is 4.92 Å². The highest BCUT2D eigenvalue weighted by atomic mass is 16.6. The first-order chi connectivity index (χ1) is 10.6. The number of nitro benzene ring substituents is 1. The number of nitrogens with one attached hydrogen (secondary N) is 1. The molecule has 0 aliphatic heterocycles. The molecule has 22 heavy (non-hydrogen) atoms. The molecule has 6 nitrogen and oxygen atoms in total. The molecule has 0 fully saturated rings. The van der Waals surface area contributed by atoms with Gasteiger partial charge in [0.1, 0.15) is 0 Å². The highest BCUT2D eigenvalue weighted by molar-refractivity contribution is 5.94. The second-order valence-electron chi connectivity index (χ2n) is 4.60. The maximum atomic E-state index is 11.9. The number of nitrogens with zero attached hydrogens (tertiary/aromatic N) is 2. The zero-order chi connectivity index (χ0) is 15.9. The van der Waals surface area contributed by atoms with Crippen LogP contribution in [0.3, 0.4) is 0 Å². The lowest BCUT2D eigenvalue weighted by Crippen LogP contribution is -2.17. The largest absolute Gasteiger partial charge is 0.271 e. The maximum absolute atomic E-state index is 11.9. The second kappa shape index (κ2) is 7.12. The number of amides is 1. The minimum Gasteiger partial charge on any atom is -0.267 e. The van der Waals surface area contributed by atoms with E-state index in [1.54, 1.807) is 24.3 Å². The predicted molar refractivity (Wildman–Crippen MR) is 84.0 cm³/mol. The van der Waals surface area contributed by atoms with Crippen molar-refractivity contribution in [1.82, 2.24) is 5.43 Å². The molecular weight excluding hydrogens is 282 g/mol. The third kappa shape index (κ3) is 3.99. The Morgan fingerprint density at radius 3 is 2.64 bits per heavy atom. The van der Waals surface area contributed by atoms with Crippen LogP contribution in [0.2, 0.25) is 0 Å². The molecular formula is C16H15N3O3. The molecule has 1 amide bonds. The van der Waals surface area contributed by atoms with E-state index in [1.807, 2.05) is 19.1 Å². The molecule has 2 rings (SSSR count). The molecule has 0 saturated carbocycles. The summed E-state index contributed by atoms with van der Waals surface area (Å²) >= 11 is 0. The van der Waals surface area contributed by atoms with Gasteiger partial charge in [-0.05, 0) is 24.1 Å². The van der Waals surface area contributed by atoms with Crippen molar-refractivity contribution in [2.45, 2.75) is 13.3 Å². The van der Waals surface area contributed by atoms with Gasteiger partial charge >= 0.3 is 0 Å². The first-order valence-electron chi connectivity index (χ1n) is 6.77. The van der Waals surface area contributed by atoms with Gasteiger partial charge < -0.3 is 0 Å². The van der Waals surface area contributed by atoms with Crippen molar-refractivity contribution >= 4 is 17.8 Å². The lowest BCUT2D eigenvalue weighted by Gasteiger charge is -2.01. The Morgan fingerprint density at radius 1 is 1.27 bits per heavy atom. The van der Waals surface area contributed by atoms with Crippen LogP contribution in [-0.2, 0) is 6.42 Å². The molecule has 0 aliphatic carbocycles. The number of nitro groups is 1. The Labute approximate surface area is 127 Å². The molecule has 0 aliphatic rings. The summed E-state index contributed by atoms with van der Waals surface area (Å²) in [5, 5.41) is 14.5. The molecule has 112 valence electrons. The minimum atomic E-state index is -0.481. The van der Waals surface area contributed by atoms with Gasteiger partial charge in [0.25, 0.3) is 11.6 Å². The average Bonchev–Trinajstić information content (AvgIpc) is 2.55. The van der Waals surface area contributed by atoms with E-state index >= 15 is 0 Å². The van der Waals surface area contributed by atoms with Gasteiger partial charge in [0.05, 0.1) is 11.1 Å². The number of benzene rings is 2. The Bertz CT molecular complexity index is 709. The summed E-state index contributed by atoms with van der Waals surface area (Å²) in [4.78, 5) is 22.1. The molecule has 0 atom stereocenters. The van der Waals surface area contributed by atoms with E-state index in [0.29, 0.717) is 11.1 Å². The van der Waals surface area contributed by atoms with Gasteiger partial charge in [-0.3, -0.25) is 14.9 Å². The molecule has 0 bridgehead atoms. The summed E-state index contributed by atoms with van der Waals surface area (Å²) in [6, 6.07) is 13.2. The normalized spacial score (nSPS) is 10.6. The van der Waals surface area contributed by atoms with Crippen LogP contribution in [0.1, 0.15) is 28.4 Å². The lowest BCUT2D eigenvalue weighted by molar-refractivity contribution is -0.384. The quantitative estimate of drug-likeness (QED) is 0.523. The van der Waals surface area contributed by atoms with E-state index in [-0.39, 0.29) is 11.6 Å². The van der Waals surface area contributed by atoms with Crippen molar-refractivity contribution < 1.29 is 9.72 Å².